The number of carbonyl (C=O) groups is 1. The summed E-state index contributed by atoms with van der Waals surface area (Å²) in [6.07, 6.45) is 2.54. The summed E-state index contributed by atoms with van der Waals surface area (Å²) < 4.78 is 1.73. The smallest absolute Gasteiger partial charge is 0.252 e. The predicted molar refractivity (Wildman–Crippen MR) is 75.1 cm³/mol. The van der Waals surface area contributed by atoms with E-state index in [1.165, 1.54) is 0 Å². The number of nitrogens with one attached hydrogen (secondary N) is 1. The first kappa shape index (κ1) is 13.4. The van der Waals surface area contributed by atoms with Crippen LogP contribution in [0, 0.1) is 0 Å². The van der Waals surface area contributed by atoms with Crippen molar-refractivity contribution in [2.75, 3.05) is 12.3 Å². The number of hydrogen-bond donors (Lipinski definition) is 2. The summed E-state index contributed by atoms with van der Waals surface area (Å²) in [5, 5.41) is 7.42. The van der Waals surface area contributed by atoms with Crippen molar-refractivity contribution in [2.24, 2.45) is 7.05 Å². The highest BCUT2D eigenvalue weighted by Crippen LogP contribution is 2.18. The number of amides is 1. The van der Waals surface area contributed by atoms with Crippen LogP contribution in [0.15, 0.2) is 30.5 Å². The van der Waals surface area contributed by atoms with E-state index in [2.05, 4.69) is 10.4 Å². The second-order valence-corrected chi connectivity index (χ2v) is 4.63. The normalized spacial score (nSPS) is 10.4. The van der Waals surface area contributed by atoms with Gasteiger partial charge in [-0.25, -0.2) is 0 Å². The van der Waals surface area contributed by atoms with Crippen molar-refractivity contribution in [3.8, 4) is 0 Å². The van der Waals surface area contributed by atoms with Crippen molar-refractivity contribution >= 4 is 23.2 Å². The topological polar surface area (TPSA) is 72.9 Å². The highest BCUT2D eigenvalue weighted by atomic mass is 35.5. The van der Waals surface area contributed by atoms with Crippen molar-refractivity contribution in [1.29, 1.82) is 0 Å². The Morgan fingerprint density at radius 1 is 1.47 bits per heavy atom. The van der Waals surface area contributed by atoms with Gasteiger partial charge < -0.3 is 11.1 Å². The van der Waals surface area contributed by atoms with Gasteiger partial charge >= 0.3 is 0 Å². The summed E-state index contributed by atoms with van der Waals surface area (Å²) in [4.78, 5) is 11.9. The van der Waals surface area contributed by atoms with E-state index in [0.717, 1.165) is 5.69 Å². The molecule has 1 aromatic carbocycles. The zero-order valence-corrected chi connectivity index (χ0v) is 11.3. The van der Waals surface area contributed by atoms with Crippen molar-refractivity contribution < 1.29 is 4.79 Å². The molecule has 3 N–H and O–H groups in total. The fourth-order valence-corrected chi connectivity index (χ4v) is 1.92. The standard InChI is InChI=1S/C13H15ClN4O/c1-18-7-5-10(17-18)4-6-16-13(19)11-8-9(15)2-3-12(11)14/h2-3,5,7-8H,4,6,15H2,1H3,(H,16,19). The van der Waals surface area contributed by atoms with E-state index in [1.807, 2.05) is 19.3 Å². The van der Waals surface area contributed by atoms with Gasteiger partial charge in [0.15, 0.2) is 0 Å². The van der Waals surface area contributed by atoms with Gasteiger partial charge in [0.05, 0.1) is 16.3 Å². The molecule has 6 heteroatoms. The maximum absolute atomic E-state index is 11.9. The maximum atomic E-state index is 11.9. The third-order valence-corrected chi connectivity index (χ3v) is 3.00. The van der Waals surface area contributed by atoms with Crippen LogP contribution in [-0.4, -0.2) is 22.2 Å². The molecule has 2 aromatic rings. The van der Waals surface area contributed by atoms with Gasteiger partial charge in [-0.3, -0.25) is 9.48 Å². The van der Waals surface area contributed by atoms with Gasteiger partial charge in [0, 0.05) is 31.9 Å². The predicted octanol–water partition coefficient (Wildman–Crippen LogP) is 1.63. The molecule has 0 radical (unpaired) electrons. The second kappa shape index (κ2) is 5.75. The van der Waals surface area contributed by atoms with E-state index in [0.29, 0.717) is 29.2 Å². The molecule has 0 bridgehead atoms. The molecular formula is C13H15ClN4O. The molecule has 0 atom stereocenters. The Bertz CT molecular complexity index is 594. The van der Waals surface area contributed by atoms with Crippen LogP contribution in [0.3, 0.4) is 0 Å². The fourth-order valence-electron chi connectivity index (χ4n) is 1.71. The molecule has 0 spiro atoms. The minimum Gasteiger partial charge on any atom is -0.399 e. The zero-order chi connectivity index (χ0) is 13.8. The number of rotatable bonds is 4. The molecule has 19 heavy (non-hydrogen) atoms. The quantitative estimate of drug-likeness (QED) is 0.835. The van der Waals surface area contributed by atoms with Gasteiger partial charge in [0.1, 0.15) is 0 Å². The molecule has 1 amide bonds. The summed E-state index contributed by atoms with van der Waals surface area (Å²) >= 11 is 5.96. The Morgan fingerprint density at radius 3 is 2.95 bits per heavy atom. The number of aryl methyl sites for hydroxylation is 1. The van der Waals surface area contributed by atoms with Crippen LogP contribution in [0.2, 0.25) is 5.02 Å². The van der Waals surface area contributed by atoms with Crippen LogP contribution in [0.1, 0.15) is 16.1 Å². The molecule has 1 aromatic heterocycles. The van der Waals surface area contributed by atoms with Gasteiger partial charge in [-0.05, 0) is 24.3 Å². The molecule has 0 aliphatic heterocycles. The van der Waals surface area contributed by atoms with Crippen LogP contribution in [0.4, 0.5) is 5.69 Å². The number of halogens is 1. The van der Waals surface area contributed by atoms with Crippen molar-refractivity contribution in [3.63, 3.8) is 0 Å². The summed E-state index contributed by atoms with van der Waals surface area (Å²) in [5.41, 5.74) is 7.47. The van der Waals surface area contributed by atoms with Crippen LogP contribution >= 0.6 is 11.6 Å². The van der Waals surface area contributed by atoms with Crippen molar-refractivity contribution in [2.45, 2.75) is 6.42 Å². The summed E-state index contributed by atoms with van der Waals surface area (Å²) in [6, 6.07) is 6.76. The molecule has 100 valence electrons. The fraction of sp³-hybridized carbons (Fsp3) is 0.231. The minimum atomic E-state index is -0.228. The Morgan fingerprint density at radius 2 is 2.26 bits per heavy atom. The molecule has 0 saturated heterocycles. The average molecular weight is 279 g/mol. The van der Waals surface area contributed by atoms with Gasteiger partial charge in [0.2, 0.25) is 0 Å². The number of nitrogens with zero attached hydrogens (tertiary/aromatic N) is 2. The van der Waals surface area contributed by atoms with Gasteiger partial charge in [-0.2, -0.15) is 5.10 Å². The van der Waals surface area contributed by atoms with Crippen LogP contribution in [-0.2, 0) is 13.5 Å². The van der Waals surface area contributed by atoms with E-state index in [4.69, 9.17) is 17.3 Å². The van der Waals surface area contributed by atoms with Gasteiger partial charge in [0.25, 0.3) is 5.91 Å². The molecular weight excluding hydrogens is 264 g/mol. The highest BCUT2D eigenvalue weighted by Gasteiger charge is 2.10. The summed E-state index contributed by atoms with van der Waals surface area (Å²) in [7, 11) is 1.86. The monoisotopic (exact) mass is 278 g/mol. The Hall–Kier alpha value is -2.01. The first-order valence-corrected chi connectivity index (χ1v) is 6.26. The lowest BCUT2D eigenvalue weighted by molar-refractivity contribution is 0.0954. The number of hydrogen-bond acceptors (Lipinski definition) is 3. The number of carbonyl (C=O) groups excluding carboxylic acids is 1. The SMILES string of the molecule is Cn1ccc(CCNC(=O)c2cc(N)ccc2Cl)n1. The summed E-state index contributed by atoms with van der Waals surface area (Å²) in [6.45, 7) is 0.501. The first-order valence-electron chi connectivity index (χ1n) is 5.88. The highest BCUT2D eigenvalue weighted by molar-refractivity contribution is 6.34. The lowest BCUT2D eigenvalue weighted by atomic mass is 10.2. The number of aromatic nitrogens is 2. The Balaban J connectivity index is 1.92. The number of nitrogen functional groups attached to an aromatic ring is 1. The number of nitrogens with two attached hydrogens (primary N) is 1. The third-order valence-electron chi connectivity index (χ3n) is 2.67. The largest absolute Gasteiger partial charge is 0.399 e. The molecule has 5 nitrogen and oxygen atoms in total. The third kappa shape index (κ3) is 3.48. The van der Waals surface area contributed by atoms with Crippen LogP contribution in [0.5, 0.6) is 0 Å². The van der Waals surface area contributed by atoms with Crippen LogP contribution < -0.4 is 11.1 Å². The van der Waals surface area contributed by atoms with E-state index in [9.17, 15) is 4.79 Å². The van der Waals surface area contributed by atoms with E-state index >= 15 is 0 Å². The lowest BCUT2D eigenvalue weighted by Crippen LogP contribution is -2.26. The Labute approximate surface area is 116 Å². The van der Waals surface area contributed by atoms with E-state index < -0.39 is 0 Å². The van der Waals surface area contributed by atoms with Crippen LogP contribution in [0.25, 0.3) is 0 Å². The van der Waals surface area contributed by atoms with Crippen molar-refractivity contribution in [3.05, 3.63) is 46.7 Å². The Kier molecular flexibility index (Phi) is 4.06. The van der Waals surface area contributed by atoms with E-state index in [-0.39, 0.29) is 5.91 Å². The molecule has 0 unspecified atom stereocenters. The summed E-state index contributed by atoms with van der Waals surface area (Å²) in [5.74, 6) is -0.228. The lowest BCUT2D eigenvalue weighted by Gasteiger charge is -2.06. The maximum Gasteiger partial charge on any atom is 0.252 e. The molecule has 1 heterocycles. The molecule has 0 saturated carbocycles. The average Bonchev–Trinajstić information content (AvgIpc) is 2.78. The zero-order valence-electron chi connectivity index (χ0n) is 10.6. The van der Waals surface area contributed by atoms with E-state index in [1.54, 1.807) is 22.9 Å². The van der Waals surface area contributed by atoms with Crippen molar-refractivity contribution in [1.82, 2.24) is 15.1 Å². The van der Waals surface area contributed by atoms with Gasteiger partial charge in [-0.15, -0.1) is 0 Å². The molecule has 0 aliphatic rings. The second-order valence-electron chi connectivity index (χ2n) is 4.23. The number of benzene rings is 1. The molecule has 0 fully saturated rings. The first-order chi connectivity index (χ1) is 9.06. The molecule has 0 aliphatic carbocycles. The number of anilines is 1. The van der Waals surface area contributed by atoms with Gasteiger partial charge in [-0.1, -0.05) is 11.6 Å². The molecule has 2 rings (SSSR count). The minimum absolute atomic E-state index is 0.228.